The summed E-state index contributed by atoms with van der Waals surface area (Å²) in [6.45, 7) is 7.79. The molecule has 6 heteroatoms. The van der Waals surface area contributed by atoms with Gasteiger partial charge in [0.25, 0.3) is 0 Å². The molecular formula is C17H25NO4S. The summed E-state index contributed by atoms with van der Waals surface area (Å²) in [4.78, 5) is 37.9. The lowest BCUT2D eigenvalue weighted by atomic mass is 10.0. The molecule has 5 nitrogen and oxygen atoms in total. The lowest BCUT2D eigenvalue weighted by Crippen LogP contribution is -2.42. The summed E-state index contributed by atoms with van der Waals surface area (Å²) in [5.74, 6) is -0.556. The first kappa shape index (κ1) is 19.4. The van der Waals surface area contributed by atoms with E-state index in [-0.39, 0.29) is 30.4 Å². The van der Waals surface area contributed by atoms with Crippen LogP contribution in [0, 0.1) is 19.8 Å². The predicted molar refractivity (Wildman–Crippen MR) is 90.8 cm³/mol. The number of nitrogens with one attached hydrogen (secondary N) is 1. The topological polar surface area (TPSA) is 72.5 Å². The number of carbonyl (C=O) groups is 3. The van der Waals surface area contributed by atoms with Gasteiger partial charge >= 0.3 is 5.97 Å². The Hall–Kier alpha value is -1.69. The Balaban J connectivity index is 2.56. The lowest BCUT2D eigenvalue weighted by molar-refractivity contribution is -0.145. The third kappa shape index (κ3) is 6.14. The van der Waals surface area contributed by atoms with Gasteiger partial charge in [-0.15, -0.1) is 11.3 Å². The number of esters is 1. The number of thiophene rings is 1. The van der Waals surface area contributed by atoms with Crippen LogP contribution in [0.3, 0.4) is 0 Å². The number of Topliss-reactive ketones (excluding diaryl/α,β-unsaturated/α-hetero) is 1. The molecule has 1 N–H and O–H groups in total. The Morgan fingerprint density at radius 2 is 1.87 bits per heavy atom. The van der Waals surface area contributed by atoms with Gasteiger partial charge < -0.3 is 10.1 Å². The molecule has 1 heterocycles. The molecule has 1 aromatic heterocycles. The van der Waals surface area contributed by atoms with Crippen molar-refractivity contribution in [3.05, 3.63) is 21.4 Å². The summed E-state index contributed by atoms with van der Waals surface area (Å²) in [5, 5.41) is 2.66. The minimum atomic E-state index is -0.660. The summed E-state index contributed by atoms with van der Waals surface area (Å²) >= 11 is 1.57. The minimum Gasteiger partial charge on any atom is -0.467 e. The molecule has 0 aliphatic carbocycles. The SMILES string of the molecule is COC(=O)C(CC(C)C)NC(=O)CCC(=O)c1cc(C)sc1C. The van der Waals surface area contributed by atoms with E-state index in [1.54, 1.807) is 11.3 Å². The fraction of sp³-hybridized carbons (Fsp3) is 0.588. The molecule has 0 radical (unpaired) electrons. The van der Waals surface area contributed by atoms with Crippen LogP contribution in [0.5, 0.6) is 0 Å². The van der Waals surface area contributed by atoms with Crippen LogP contribution in [0.25, 0.3) is 0 Å². The smallest absolute Gasteiger partial charge is 0.328 e. The number of rotatable bonds is 8. The van der Waals surface area contributed by atoms with Gasteiger partial charge in [-0.05, 0) is 32.3 Å². The maximum absolute atomic E-state index is 12.2. The summed E-state index contributed by atoms with van der Waals surface area (Å²) in [7, 11) is 1.30. The molecule has 1 aromatic rings. The van der Waals surface area contributed by atoms with E-state index in [9.17, 15) is 14.4 Å². The Morgan fingerprint density at radius 1 is 1.22 bits per heavy atom. The predicted octanol–water partition coefficient (Wildman–Crippen LogP) is 3.03. The molecule has 0 fully saturated rings. The van der Waals surface area contributed by atoms with Crippen molar-refractivity contribution in [3.63, 3.8) is 0 Å². The van der Waals surface area contributed by atoms with Crippen molar-refractivity contribution >= 4 is 29.0 Å². The van der Waals surface area contributed by atoms with Gasteiger partial charge in [-0.25, -0.2) is 4.79 Å². The molecule has 1 rings (SSSR count). The van der Waals surface area contributed by atoms with Crippen molar-refractivity contribution in [3.8, 4) is 0 Å². The summed E-state index contributed by atoms with van der Waals surface area (Å²) in [6.07, 6.45) is 0.715. The number of carbonyl (C=O) groups excluding carboxylic acids is 3. The second kappa shape index (κ2) is 8.82. The second-order valence-corrected chi connectivity index (χ2v) is 7.48. The Kier molecular flexibility index (Phi) is 7.42. The number of hydrogen-bond donors (Lipinski definition) is 1. The van der Waals surface area contributed by atoms with Crippen LogP contribution < -0.4 is 5.32 Å². The van der Waals surface area contributed by atoms with Crippen LogP contribution in [0.15, 0.2) is 6.07 Å². The van der Waals surface area contributed by atoms with Crippen LogP contribution in [-0.4, -0.2) is 30.8 Å². The van der Waals surface area contributed by atoms with E-state index in [1.807, 2.05) is 33.8 Å². The fourth-order valence-corrected chi connectivity index (χ4v) is 3.31. The van der Waals surface area contributed by atoms with E-state index in [4.69, 9.17) is 4.74 Å². The molecule has 0 saturated carbocycles. The third-order valence-electron chi connectivity index (χ3n) is 3.45. The molecule has 0 bridgehead atoms. The fourth-order valence-electron chi connectivity index (χ4n) is 2.36. The van der Waals surface area contributed by atoms with E-state index in [0.29, 0.717) is 12.0 Å². The molecule has 1 unspecified atom stereocenters. The van der Waals surface area contributed by atoms with Crippen molar-refractivity contribution in [1.82, 2.24) is 5.32 Å². The largest absolute Gasteiger partial charge is 0.467 e. The average molecular weight is 339 g/mol. The molecule has 0 aromatic carbocycles. The molecule has 0 saturated heterocycles. The number of ether oxygens (including phenoxy) is 1. The first-order chi connectivity index (χ1) is 10.7. The summed E-state index contributed by atoms with van der Waals surface area (Å²) < 4.78 is 4.71. The third-order valence-corrected chi connectivity index (χ3v) is 4.41. The minimum absolute atomic E-state index is 0.0412. The number of methoxy groups -OCH3 is 1. The van der Waals surface area contributed by atoms with Gasteiger partial charge in [-0.1, -0.05) is 13.8 Å². The van der Waals surface area contributed by atoms with Gasteiger partial charge in [0.05, 0.1) is 7.11 Å². The first-order valence-corrected chi connectivity index (χ1v) is 8.53. The molecule has 128 valence electrons. The van der Waals surface area contributed by atoms with Gasteiger partial charge in [0.1, 0.15) is 6.04 Å². The summed E-state index contributed by atoms with van der Waals surface area (Å²) in [5.41, 5.74) is 0.687. The normalized spacial score (nSPS) is 12.1. The van der Waals surface area contributed by atoms with E-state index in [0.717, 1.165) is 9.75 Å². The zero-order valence-corrected chi connectivity index (χ0v) is 15.2. The Morgan fingerprint density at radius 3 is 2.35 bits per heavy atom. The van der Waals surface area contributed by atoms with Crippen LogP contribution in [0.1, 0.15) is 53.2 Å². The van der Waals surface area contributed by atoms with Crippen molar-refractivity contribution in [2.75, 3.05) is 7.11 Å². The molecule has 23 heavy (non-hydrogen) atoms. The number of ketones is 1. The average Bonchev–Trinajstić information content (AvgIpc) is 2.81. The van der Waals surface area contributed by atoms with E-state index in [1.165, 1.54) is 7.11 Å². The van der Waals surface area contributed by atoms with Crippen molar-refractivity contribution < 1.29 is 19.1 Å². The molecule has 1 amide bonds. The van der Waals surface area contributed by atoms with Gasteiger partial charge in [-0.3, -0.25) is 9.59 Å². The Bertz CT molecular complexity index is 577. The maximum Gasteiger partial charge on any atom is 0.328 e. The monoisotopic (exact) mass is 339 g/mol. The van der Waals surface area contributed by atoms with E-state index >= 15 is 0 Å². The van der Waals surface area contributed by atoms with Gasteiger partial charge in [0.15, 0.2) is 5.78 Å². The van der Waals surface area contributed by atoms with Crippen LogP contribution >= 0.6 is 11.3 Å². The Labute approximate surface area is 141 Å². The highest BCUT2D eigenvalue weighted by Crippen LogP contribution is 2.22. The zero-order valence-electron chi connectivity index (χ0n) is 14.4. The number of hydrogen-bond acceptors (Lipinski definition) is 5. The highest BCUT2D eigenvalue weighted by molar-refractivity contribution is 7.12. The highest BCUT2D eigenvalue weighted by atomic mass is 32.1. The maximum atomic E-state index is 12.2. The molecule has 1 atom stereocenters. The second-order valence-electron chi connectivity index (χ2n) is 6.02. The molecular weight excluding hydrogens is 314 g/mol. The van der Waals surface area contributed by atoms with Crippen molar-refractivity contribution in [2.45, 2.75) is 53.0 Å². The van der Waals surface area contributed by atoms with Crippen molar-refractivity contribution in [1.29, 1.82) is 0 Å². The standard InChI is InChI=1S/C17H25NO4S/c1-10(2)8-14(17(21)22-5)18-16(20)7-6-15(19)13-9-11(3)23-12(13)4/h9-10,14H,6-8H2,1-5H3,(H,18,20). The van der Waals surface area contributed by atoms with Crippen molar-refractivity contribution in [2.24, 2.45) is 5.92 Å². The number of amides is 1. The van der Waals surface area contributed by atoms with E-state index < -0.39 is 12.0 Å². The van der Waals surface area contributed by atoms with Gasteiger partial charge in [-0.2, -0.15) is 0 Å². The van der Waals surface area contributed by atoms with E-state index in [2.05, 4.69) is 5.32 Å². The molecule has 0 spiro atoms. The van der Waals surface area contributed by atoms with Gasteiger partial charge in [0, 0.05) is 28.2 Å². The van der Waals surface area contributed by atoms with Gasteiger partial charge in [0.2, 0.25) is 5.91 Å². The highest BCUT2D eigenvalue weighted by Gasteiger charge is 2.23. The van der Waals surface area contributed by atoms with Crippen LogP contribution in [0.2, 0.25) is 0 Å². The number of aryl methyl sites for hydroxylation is 2. The first-order valence-electron chi connectivity index (χ1n) is 7.72. The molecule has 0 aliphatic heterocycles. The summed E-state index contributed by atoms with van der Waals surface area (Å²) in [6, 6.07) is 1.20. The zero-order chi connectivity index (χ0) is 17.6. The quantitative estimate of drug-likeness (QED) is 0.584. The van der Waals surface area contributed by atoms with Crippen LogP contribution in [0.4, 0.5) is 0 Å². The molecule has 0 aliphatic rings. The lowest BCUT2D eigenvalue weighted by Gasteiger charge is -2.18. The van der Waals surface area contributed by atoms with Crippen LogP contribution in [-0.2, 0) is 14.3 Å².